The third-order valence-electron chi connectivity index (χ3n) is 5.48. The Bertz CT molecular complexity index is 577. The monoisotopic (exact) mass is 373 g/mol. The second kappa shape index (κ2) is 9.58. The van der Waals surface area contributed by atoms with E-state index in [2.05, 4.69) is 72.5 Å². The van der Waals surface area contributed by atoms with Crippen molar-refractivity contribution in [2.45, 2.75) is 50.4 Å². The number of aliphatic hydroxyl groups excluding tert-OH is 1. The molecule has 0 bridgehead atoms. The number of aliphatic hydroxyl groups is 1. The van der Waals surface area contributed by atoms with E-state index in [1.807, 2.05) is 0 Å². The summed E-state index contributed by atoms with van der Waals surface area (Å²) in [5.41, 5.74) is 0. The van der Waals surface area contributed by atoms with Crippen molar-refractivity contribution in [2.75, 3.05) is 6.54 Å². The fraction of sp³-hybridized carbons (Fsp3) is 0.429. The van der Waals surface area contributed by atoms with Crippen LogP contribution in [0, 0.1) is 0 Å². The maximum atomic E-state index is 10.8. The van der Waals surface area contributed by atoms with Crippen LogP contribution in [0.2, 0.25) is 12.6 Å². The molecule has 1 aliphatic rings. The molecule has 2 atom stereocenters. The van der Waals surface area contributed by atoms with Crippen LogP contribution < -0.4 is 15.7 Å². The first-order valence-corrected chi connectivity index (χ1v) is 11.9. The molecule has 1 heterocycles. The van der Waals surface area contributed by atoms with Gasteiger partial charge in [0.15, 0.2) is 0 Å². The molecular formula is C21H31NOSSi. The Labute approximate surface area is 160 Å². The van der Waals surface area contributed by atoms with Crippen LogP contribution in [0.4, 0.5) is 0 Å². The maximum absolute atomic E-state index is 10.8. The molecule has 1 aliphatic heterocycles. The predicted octanol–water partition coefficient (Wildman–Crippen LogP) is 2.89. The number of hydrogen-bond donors (Lipinski definition) is 2. The average molecular weight is 374 g/mol. The molecule has 0 aliphatic carbocycles. The van der Waals surface area contributed by atoms with Gasteiger partial charge in [-0.1, -0.05) is 77.6 Å². The van der Waals surface area contributed by atoms with Gasteiger partial charge < -0.3 is 10.4 Å². The fourth-order valence-corrected chi connectivity index (χ4v) is 7.79. The first-order chi connectivity index (χ1) is 11.7. The van der Waals surface area contributed by atoms with E-state index in [1.54, 1.807) is 0 Å². The molecule has 2 N–H and O–H groups in total. The predicted molar refractivity (Wildman–Crippen MR) is 115 cm³/mol. The van der Waals surface area contributed by atoms with Crippen LogP contribution >= 0.6 is 13.5 Å². The zero-order valence-corrected chi connectivity index (χ0v) is 17.1. The number of hydrogen-bond acceptors (Lipinski definition) is 2. The first kappa shape index (κ1) is 20.2. The molecule has 25 heavy (non-hydrogen) atoms. The van der Waals surface area contributed by atoms with Crippen molar-refractivity contribution >= 4 is 31.9 Å². The van der Waals surface area contributed by atoms with Crippen LogP contribution in [0.1, 0.15) is 25.7 Å². The Balaban J connectivity index is 0.00000225. The average Bonchev–Trinajstić information content (AvgIpc) is 3.15. The number of benzene rings is 2. The first-order valence-electron chi connectivity index (χ1n) is 9.21. The molecule has 0 spiro atoms. The molecule has 1 fully saturated rings. The fourth-order valence-electron chi connectivity index (χ4n) is 3.98. The van der Waals surface area contributed by atoms with Gasteiger partial charge in [-0.05, 0) is 38.3 Å². The Morgan fingerprint density at radius 3 is 2.08 bits per heavy atom. The van der Waals surface area contributed by atoms with Crippen LogP contribution in [0.3, 0.4) is 0 Å². The Morgan fingerprint density at radius 2 is 1.60 bits per heavy atom. The number of rotatable bonds is 7. The third kappa shape index (κ3) is 5.20. The molecule has 0 amide bonds. The summed E-state index contributed by atoms with van der Waals surface area (Å²) in [5, 5.41) is 17.1. The van der Waals surface area contributed by atoms with Gasteiger partial charge in [0.2, 0.25) is 0 Å². The molecule has 2 nitrogen and oxygen atoms in total. The van der Waals surface area contributed by atoms with Crippen molar-refractivity contribution in [1.82, 2.24) is 5.32 Å². The Morgan fingerprint density at radius 1 is 1.04 bits per heavy atom. The van der Waals surface area contributed by atoms with Gasteiger partial charge in [0.05, 0.1) is 6.10 Å². The molecular weight excluding hydrogens is 342 g/mol. The SMILES string of the molecule is C[Si](CC(O)CC[C@@H]1CCCN1)(c1ccccc1)c1ccccc1.S. The highest BCUT2D eigenvalue weighted by Gasteiger charge is 2.34. The molecule has 3 rings (SSSR count). The van der Waals surface area contributed by atoms with Gasteiger partial charge in [-0.15, -0.1) is 0 Å². The van der Waals surface area contributed by atoms with Gasteiger partial charge in [0.25, 0.3) is 0 Å². The quantitative estimate of drug-likeness (QED) is 0.732. The van der Waals surface area contributed by atoms with E-state index in [0.717, 1.165) is 25.4 Å². The lowest BCUT2D eigenvalue weighted by molar-refractivity contribution is 0.176. The molecule has 2 aromatic rings. The van der Waals surface area contributed by atoms with Crippen LogP contribution in [-0.2, 0) is 0 Å². The summed E-state index contributed by atoms with van der Waals surface area (Å²) in [6.07, 6.45) is 4.32. The molecule has 4 heteroatoms. The highest BCUT2D eigenvalue weighted by molar-refractivity contribution is 7.59. The normalized spacial score (nSPS) is 18.6. The lowest BCUT2D eigenvalue weighted by Crippen LogP contribution is -2.57. The van der Waals surface area contributed by atoms with Gasteiger partial charge in [-0.2, -0.15) is 13.5 Å². The van der Waals surface area contributed by atoms with E-state index in [4.69, 9.17) is 0 Å². The summed E-state index contributed by atoms with van der Waals surface area (Å²) in [6.45, 7) is 3.54. The minimum atomic E-state index is -1.91. The van der Waals surface area contributed by atoms with Gasteiger partial charge in [-0.3, -0.25) is 0 Å². The van der Waals surface area contributed by atoms with Crippen LogP contribution in [0.25, 0.3) is 0 Å². The van der Waals surface area contributed by atoms with Crippen molar-refractivity contribution in [2.24, 2.45) is 0 Å². The molecule has 0 aromatic heterocycles. The van der Waals surface area contributed by atoms with Gasteiger partial charge >= 0.3 is 0 Å². The maximum Gasteiger partial charge on any atom is 0.117 e. The van der Waals surface area contributed by atoms with Crippen molar-refractivity contribution in [3.8, 4) is 0 Å². The molecule has 2 aromatic carbocycles. The van der Waals surface area contributed by atoms with Crippen molar-refractivity contribution < 1.29 is 5.11 Å². The van der Waals surface area contributed by atoms with Crippen molar-refractivity contribution in [3.63, 3.8) is 0 Å². The molecule has 136 valence electrons. The third-order valence-corrected chi connectivity index (χ3v) is 9.98. The standard InChI is InChI=1S/C21H29NOSi.H2S/c1-24(20-10-4-2-5-11-20,21-12-6-3-7-13-21)17-19(23)15-14-18-9-8-16-22-18;/h2-7,10-13,18-19,22-23H,8-9,14-17H2,1H3;1H2/t18-,19?;/m0./s1. The minimum Gasteiger partial charge on any atom is -0.393 e. The molecule has 0 saturated carbocycles. The molecule has 0 radical (unpaired) electrons. The van der Waals surface area contributed by atoms with Crippen LogP contribution in [0.5, 0.6) is 0 Å². The topological polar surface area (TPSA) is 32.3 Å². The largest absolute Gasteiger partial charge is 0.393 e. The molecule has 1 saturated heterocycles. The van der Waals surface area contributed by atoms with E-state index in [1.165, 1.54) is 23.2 Å². The van der Waals surface area contributed by atoms with Crippen LogP contribution in [-0.4, -0.2) is 31.9 Å². The molecule has 1 unspecified atom stereocenters. The van der Waals surface area contributed by atoms with Crippen molar-refractivity contribution in [1.29, 1.82) is 0 Å². The van der Waals surface area contributed by atoms with E-state index >= 15 is 0 Å². The van der Waals surface area contributed by atoms with Gasteiger partial charge in [-0.25, -0.2) is 0 Å². The minimum absolute atomic E-state index is 0. The van der Waals surface area contributed by atoms with E-state index in [-0.39, 0.29) is 19.6 Å². The zero-order chi connectivity index (χ0) is 16.8. The van der Waals surface area contributed by atoms with Crippen molar-refractivity contribution in [3.05, 3.63) is 60.7 Å². The van der Waals surface area contributed by atoms with Crippen LogP contribution in [0.15, 0.2) is 60.7 Å². The summed E-state index contributed by atoms with van der Waals surface area (Å²) in [4.78, 5) is 0. The second-order valence-electron chi connectivity index (χ2n) is 7.29. The summed E-state index contributed by atoms with van der Waals surface area (Å²) in [6, 6.07) is 23.1. The van der Waals surface area contributed by atoms with E-state index in [9.17, 15) is 5.11 Å². The highest BCUT2D eigenvalue weighted by atomic mass is 32.1. The smallest absolute Gasteiger partial charge is 0.117 e. The van der Waals surface area contributed by atoms with E-state index < -0.39 is 8.07 Å². The summed E-state index contributed by atoms with van der Waals surface area (Å²) >= 11 is 0. The second-order valence-corrected chi connectivity index (χ2v) is 11.5. The Kier molecular flexibility index (Phi) is 7.75. The van der Waals surface area contributed by atoms with Gasteiger partial charge in [0.1, 0.15) is 8.07 Å². The zero-order valence-electron chi connectivity index (χ0n) is 15.1. The Hall–Kier alpha value is -1.07. The lowest BCUT2D eigenvalue weighted by atomic mass is 10.1. The highest BCUT2D eigenvalue weighted by Crippen LogP contribution is 2.19. The summed E-state index contributed by atoms with van der Waals surface area (Å²) in [5.74, 6) is 0. The van der Waals surface area contributed by atoms with E-state index in [0.29, 0.717) is 6.04 Å². The lowest BCUT2D eigenvalue weighted by Gasteiger charge is -2.31. The van der Waals surface area contributed by atoms with Gasteiger partial charge in [0, 0.05) is 6.04 Å². The summed E-state index contributed by atoms with van der Waals surface area (Å²) < 4.78 is 0. The number of nitrogens with one attached hydrogen (secondary N) is 1. The summed E-state index contributed by atoms with van der Waals surface area (Å²) in [7, 11) is -1.91.